The minimum atomic E-state index is -0.382. The second kappa shape index (κ2) is 7.41. The number of ether oxygens (including phenoxy) is 1. The number of carbonyl (C=O) groups excluding carboxylic acids is 1. The molecule has 0 N–H and O–H groups in total. The minimum absolute atomic E-state index is 0.382. The largest absolute Gasteiger partial charge is 0.465 e. The first-order valence-corrected chi connectivity index (χ1v) is 7.28. The lowest BCUT2D eigenvalue weighted by Crippen LogP contribution is -2.00. The highest BCUT2D eigenvalue weighted by molar-refractivity contribution is 5.93. The number of carbonyl (C=O) groups is 1. The molecule has 1 aromatic heterocycles. The van der Waals surface area contributed by atoms with E-state index in [1.54, 1.807) is 18.2 Å². The van der Waals surface area contributed by atoms with Gasteiger partial charge in [-0.05, 0) is 23.8 Å². The Morgan fingerprint density at radius 2 is 1.86 bits per heavy atom. The molecule has 114 valence electrons. The Labute approximate surface area is 129 Å². The molecule has 0 aliphatic rings. The second-order valence-electron chi connectivity index (χ2n) is 4.44. The van der Waals surface area contributed by atoms with Gasteiger partial charge in [0.25, 0.3) is 0 Å². The molecule has 4 heteroatoms. The third-order valence-electron chi connectivity index (χ3n) is 3.05. The van der Waals surface area contributed by atoms with E-state index >= 15 is 0 Å². The maximum Gasteiger partial charge on any atom is 0.337 e. The van der Waals surface area contributed by atoms with Gasteiger partial charge < -0.3 is 9.15 Å². The molecule has 2 aromatic carbocycles. The Hall–Kier alpha value is -2.62. The van der Waals surface area contributed by atoms with Gasteiger partial charge in [-0.3, -0.25) is 0 Å². The number of hydrogen-bond acceptors (Lipinski definition) is 4. The Kier molecular flexibility index (Phi) is 5.31. The minimum Gasteiger partial charge on any atom is -0.465 e. The fourth-order valence-corrected chi connectivity index (χ4v) is 2.06. The van der Waals surface area contributed by atoms with Crippen LogP contribution in [0.4, 0.5) is 0 Å². The van der Waals surface area contributed by atoms with E-state index in [1.165, 1.54) is 7.11 Å². The van der Waals surface area contributed by atoms with Gasteiger partial charge in [0.05, 0.1) is 12.7 Å². The van der Waals surface area contributed by atoms with Crippen LogP contribution in [0.3, 0.4) is 0 Å². The van der Waals surface area contributed by atoms with Gasteiger partial charge in [-0.1, -0.05) is 44.2 Å². The normalized spacial score (nSPS) is 9.95. The molecular formula is C18H19NO3. The molecule has 0 aliphatic heterocycles. The van der Waals surface area contributed by atoms with Crippen LogP contribution < -0.4 is 0 Å². The zero-order valence-corrected chi connectivity index (χ0v) is 13.0. The maximum atomic E-state index is 11.5. The van der Waals surface area contributed by atoms with Crippen molar-refractivity contribution in [1.29, 1.82) is 0 Å². The molecule has 0 saturated heterocycles. The lowest BCUT2D eigenvalue weighted by molar-refractivity contribution is 0.0601. The van der Waals surface area contributed by atoms with E-state index in [9.17, 15) is 4.79 Å². The average molecular weight is 297 g/mol. The van der Waals surface area contributed by atoms with Gasteiger partial charge in [0.2, 0.25) is 0 Å². The van der Waals surface area contributed by atoms with Crippen LogP contribution in [0.25, 0.3) is 11.1 Å². The van der Waals surface area contributed by atoms with Crippen LogP contribution in [-0.2, 0) is 11.2 Å². The number of esters is 1. The van der Waals surface area contributed by atoms with E-state index in [-0.39, 0.29) is 5.97 Å². The summed E-state index contributed by atoms with van der Waals surface area (Å²) < 4.78 is 10.4. The second-order valence-corrected chi connectivity index (χ2v) is 4.44. The number of hydrogen-bond donors (Lipinski definition) is 0. The van der Waals surface area contributed by atoms with Gasteiger partial charge in [-0.15, -0.1) is 0 Å². The zero-order chi connectivity index (χ0) is 15.9. The molecule has 0 atom stereocenters. The van der Waals surface area contributed by atoms with Crippen molar-refractivity contribution in [3.63, 3.8) is 0 Å². The van der Waals surface area contributed by atoms with Crippen molar-refractivity contribution in [2.45, 2.75) is 20.3 Å². The van der Waals surface area contributed by atoms with Gasteiger partial charge in [0, 0.05) is 6.42 Å². The third kappa shape index (κ3) is 3.52. The Balaban J connectivity index is 0.000000847. The number of aromatic nitrogens is 1. The molecule has 1 heterocycles. The molecule has 0 aliphatic carbocycles. The molecule has 0 unspecified atom stereocenters. The van der Waals surface area contributed by atoms with E-state index in [0.717, 1.165) is 11.1 Å². The van der Waals surface area contributed by atoms with Crippen molar-refractivity contribution in [1.82, 2.24) is 4.98 Å². The highest BCUT2D eigenvalue weighted by Crippen LogP contribution is 2.19. The summed E-state index contributed by atoms with van der Waals surface area (Å²) in [7, 11) is 1.35. The monoisotopic (exact) mass is 297 g/mol. The van der Waals surface area contributed by atoms with Gasteiger partial charge >= 0.3 is 5.97 Å². The molecule has 4 nitrogen and oxygen atoms in total. The number of benzene rings is 2. The van der Waals surface area contributed by atoms with E-state index in [0.29, 0.717) is 23.5 Å². The first-order valence-electron chi connectivity index (χ1n) is 7.28. The number of nitrogens with zero attached hydrogens (tertiary/aromatic N) is 1. The van der Waals surface area contributed by atoms with Crippen LogP contribution in [0.5, 0.6) is 0 Å². The first kappa shape index (κ1) is 15.8. The predicted molar refractivity (Wildman–Crippen MR) is 85.9 cm³/mol. The van der Waals surface area contributed by atoms with Crippen LogP contribution in [-0.4, -0.2) is 18.1 Å². The summed E-state index contributed by atoms with van der Waals surface area (Å²) in [6, 6.07) is 15.1. The molecular weight excluding hydrogens is 278 g/mol. The SMILES string of the molecule is CC.COC(=O)c1ccc2nc(Cc3ccccc3)oc2c1. The summed E-state index contributed by atoms with van der Waals surface area (Å²) in [6.07, 6.45) is 0.628. The van der Waals surface area contributed by atoms with Crippen molar-refractivity contribution < 1.29 is 13.9 Å². The summed E-state index contributed by atoms with van der Waals surface area (Å²) in [6.45, 7) is 4.00. The average Bonchev–Trinajstić information content (AvgIpc) is 2.98. The predicted octanol–water partition coefficient (Wildman–Crippen LogP) is 4.23. The number of rotatable bonds is 3. The lowest BCUT2D eigenvalue weighted by atomic mass is 10.1. The summed E-state index contributed by atoms with van der Waals surface area (Å²) >= 11 is 0. The van der Waals surface area contributed by atoms with Crippen molar-refractivity contribution in [2.24, 2.45) is 0 Å². The fourth-order valence-electron chi connectivity index (χ4n) is 2.06. The maximum absolute atomic E-state index is 11.5. The van der Waals surface area contributed by atoms with Crippen LogP contribution in [0.2, 0.25) is 0 Å². The van der Waals surface area contributed by atoms with Crippen molar-refractivity contribution in [3.05, 3.63) is 65.5 Å². The van der Waals surface area contributed by atoms with Crippen molar-refractivity contribution in [2.75, 3.05) is 7.11 Å². The first-order chi connectivity index (χ1) is 10.8. The lowest BCUT2D eigenvalue weighted by Gasteiger charge is -1.97. The van der Waals surface area contributed by atoms with Gasteiger partial charge in [0.1, 0.15) is 5.52 Å². The Morgan fingerprint density at radius 1 is 1.14 bits per heavy atom. The topological polar surface area (TPSA) is 52.3 Å². The van der Waals surface area contributed by atoms with E-state index in [2.05, 4.69) is 9.72 Å². The van der Waals surface area contributed by atoms with Crippen LogP contribution in [0, 0.1) is 0 Å². The van der Waals surface area contributed by atoms with Crippen LogP contribution in [0.1, 0.15) is 35.7 Å². The molecule has 3 aromatic rings. The van der Waals surface area contributed by atoms with E-state index < -0.39 is 0 Å². The fraction of sp³-hybridized carbons (Fsp3) is 0.222. The van der Waals surface area contributed by atoms with Gasteiger partial charge in [-0.2, -0.15) is 0 Å². The van der Waals surface area contributed by atoms with Crippen molar-refractivity contribution >= 4 is 17.1 Å². The van der Waals surface area contributed by atoms with E-state index in [4.69, 9.17) is 4.42 Å². The number of methoxy groups -OCH3 is 1. The summed E-state index contributed by atoms with van der Waals surface area (Å²) in [4.78, 5) is 15.9. The Morgan fingerprint density at radius 3 is 2.55 bits per heavy atom. The van der Waals surface area contributed by atoms with Crippen LogP contribution >= 0.6 is 0 Å². The van der Waals surface area contributed by atoms with E-state index in [1.807, 2.05) is 44.2 Å². The van der Waals surface area contributed by atoms with Gasteiger partial charge in [0.15, 0.2) is 11.5 Å². The van der Waals surface area contributed by atoms with Gasteiger partial charge in [-0.25, -0.2) is 9.78 Å². The molecule has 0 fully saturated rings. The molecule has 0 spiro atoms. The number of fused-ring (bicyclic) bond motifs is 1. The molecule has 0 bridgehead atoms. The molecule has 0 saturated carbocycles. The summed E-state index contributed by atoms with van der Waals surface area (Å²) in [5.41, 5.74) is 2.93. The quantitative estimate of drug-likeness (QED) is 0.679. The molecule has 0 amide bonds. The van der Waals surface area contributed by atoms with Crippen LogP contribution in [0.15, 0.2) is 52.9 Å². The summed E-state index contributed by atoms with van der Waals surface area (Å²) in [5.74, 6) is 0.251. The summed E-state index contributed by atoms with van der Waals surface area (Å²) in [5, 5.41) is 0. The zero-order valence-electron chi connectivity index (χ0n) is 13.0. The van der Waals surface area contributed by atoms with Crippen molar-refractivity contribution in [3.8, 4) is 0 Å². The Bertz CT molecular complexity index is 747. The highest BCUT2D eigenvalue weighted by Gasteiger charge is 2.11. The molecule has 22 heavy (non-hydrogen) atoms. The number of oxazole rings is 1. The standard InChI is InChI=1S/C16H13NO3.C2H6/c1-19-16(18)12-7-8-13-14(10-12)20-15(17-13)9-11-5-3-2-4-6-11;1-2/h2-8,10H,9H2,1H3;1-2H3. The highest BCUT2D eigenvalue weighted by atomic mass is 16.5. The third-order valence-corrected chi connectivity index (χ3v) is 3.05. The molecule has 3 rings (SSSR count). The molecule has 0 radical (unpaired) electrons. The smallest absolute Gasteiger partial charge is 0.337 e.